The van der Waals surface area contributed by atoms with E-state index in [0.29, 0.717) is 0 Å². The summed E-state index contributed by atoms with van der Waals surface area (Å²) in [4.78, 5) is 2.50. The standard InChI is InChI=1S/C17H27N3O/c1-3-7-19-13-16-6-5-15(12-17(16)21-2)14-20-10-4-8-18-9-11-20/h3,5-6,12,18-19H,1,4,7-11,13-14H2,2H3. The van der Waals surface area contributed by atoms with Gasteiger partial charge in [0.15, 0.2) is 0 Å². The summed E-state index contributed by atoms with van der Waals surface area (Å²) in [5.74, 6) is 0.969. The molecule has 0 amide bonds. The monoisotopic (exact) mass is 289 g/mol. The van der Waals surface area contributed by atoms with Crippen molar-refractivity contribution in [3.63, 3.8) is 0 Å². The van der Waals surface area contributed by atoms with Gasteiger partial charge in [-0.2, -0.15) is 0 Å². The van der Waals surface area contributed by atoms with E-state index in [-0.39, 0.29) is 0 Å². The second-order valence-electron chi connectivity index (χ2n) is 5.45. The van der Waals surface area contributed by atoms with E-state index in [1.54, 1.807) is 7.11 Å². The van der Waals surface area contributed by atoms with Crippen LogP contribution >= 0.6 is 0 Å². The number of rotatable bonds is 7. The summed E-state index contributed by atoms with van der Waals surface area (Å²) < 4.78 is 5.53. The van der Waals surface area contributed by atoms with Crippen LogP contribution < -0.4 is 15.4 Å². The van der Waals surface area contributed by atoms with Crippen molar-refractivity contribution in [2.45, 2.75) is 19.5 Å². The molecule has 4 nitrogen and oxygen atoms in total. The highest BCUT2D eigenvalue weighted by Crippen LogP contribution is 2.21. The van der Waals surface area contributed by atoms with E-state index >= 15 is 0 Å². The molecular weight excluding hydrogens is 262 g/mol. The van der Waals surface area contributed by atoms with Crippen molar-refractivity contribution in [3.8, 4) is 5.75 Å². The molecule has 0 atom stereocenters. The van der Waals surface area contributed by atoms with E-state index in [1.807, 2.05) is 6.08 Å². The third-order valence-electron chi connectivity index (χ3n) is 3.79. The smallest absolute Gasteiger partial charge is 0.123 e. The molecule has 0 spiro atoms. The molecule has 1 heterocycles. The minimum atomic E-state index is 0.809. The van der Waals surface area contributed by atoms with Crippen molar-refractivity contribution in [2.75, 3.05) is 39.8 Å². The highest BCUT2D eigenvalue weighted by atomic mass is 16.5. The van der Waals surface area contributed by atoms with Crippen LogP contribution in [0.25, 0.3) is 0 Å². The number of ether oxygens (including phenoxy) is 1. The molecule has 1 saturated heterocycles. The average Bonchev–Trinajstić information content (AvgIpc) is 2.77. The van der Waals surface area contributed by atoms with E-state index in [4.69, 9.17) is 4.74 Å². The molecule has 1 aromatic rings. The van der Waals surface area contributed by atoms with Crippen molar-refractivity contribution < 1.29 is 4.74 Å². The van der Waals surface area contributed by atoms with E-state index in [0.717, 1.165) is 51.6 Å². The molecule has 21 heavy (non-hydrogen) atoms. The highest BCUT2D eigenvalue weighted by Gasteiger charge is 2.10. The van der Waals surface area contributed by atoms with Gasteiger partial charge in [-0.05, 0) is 31.1 Å². The van der Waals surface area contributed by atoms with Gasteiger partial charge in [0, 0.05) is 38.3 Å². The molecule has 116 valence electrons. The van der Waals surface area contributed by atoms with Gasteiger partial charge in [0.05, 0.1) is 7.11 Å². The Kier molecular flexibility index (Phi) is 6.73. The van der Waals surface area contributed by atoms with E-state index in [2.05, 4.69) is 40.3 Å². The average molecular weight is 289 g/mol. The Bertz CT molecular complexity index is 440. The summed E-state index contributed by atoms with van der Waals surface area (Å²) in [6.07, 6.45) is 3.09. The molecule has 0 aromatic heterocycles. The molecule has 0 saturated carbocycles. The molecule has 0 bridgehead atoms. The van der Waals surface area contributed by atoms with Gasteiger partial charge in [-0.1, -0.05) is 18.2 Å². The third-order valence-corrected chi connectivity index (χ3v) is 3.79. The fraction of sp³-hybridized carbons (Fsp3) is 0.529. The molecule has 0 radical (unpaired) electrons. The van der Waals surface area contributed by atoms with Crippen LogP contribution in [0.4, 0.5) is 0 Å². The predicted molar refractivity (Wildman–Crippen MR) is 87.7 cm³/mol. The molecular formula is C17H27N3O. The number of nitrogens with one attached hydrogen (secondary N) is 2. The van der Waals surface area contributed by atoms with E-state index in [9.17, 15) is 0 Å². The van der Waals surface area contributed by atoms with Gasteiger partial charge in [-0.15, -0.1) is 6.58 Å². The van der Waals surface area contributed by atoms with Crippen LogP contribution in [0.3, 0.4) is 0 Å². The van der Waals surface area contributed by atoms with Gasteiger partial charge in [0.1, 0.15) is 5.75 Å². The summed E-state index contributed by atoms with van der Waals surface area (Å²) in [6, 6.07) is 6.55. The Morgan fingerprint density at radius 1 is 1.38 bits per heavy atom. The fourth-order valence-corrected chi connectivity index (χ4v) is 2.66. The first-order valence-electron chi connectivity index (χ1n) is 7.74. The van der Waals surface area contributed by atoms with Crippen LogP contribution in [0.2, 0.25) is 0 Å². The lowest BCUT2D eigenvalue weighted by Crippen LogP contribution is -2.27. The number of methoxy groups -OCH3 is 1. The van der Waals surface area contributed by atoms with E-state index in [1.165, 1.54) is 17.5 Å². The molecule has 2 rings (SSSR count). The normalized spacial score (nSPS) is 16.4. The Morgan fingerprint density at radius 3 is 3.10 bits per heavy atom. The Morgan fingerprint density at radius 2 is 2.29 bits per heavy atom. The Balaban J connectivity index is 1.98. The van der Waals surface area contributed by atoms with Crippen molar-refractivity contribution in [1.82, 2.24) is 15.5 Å². The van der Waals surface area contributed by atoms with Gasteiger partial charge in [-0.3, -0.25) is 4.90 Å². The number of nitrogens with zero attached hydrogens (tertiary/aromatic N) is 1. The fourth-order valence-electron chi connectivity index (χ4n) is 2.66. The summed E-state index contributed by atoms with van der Waals surface area (Å²) in [5, 5.41) is 6.76. The number of hydrogen-bond donors (Lipinski definition) is 2. The van der Waals surface area contributed by atoms with Gasteiger partial charge >= 0.3 is 0 Å². The van der Waals surface area contributed by atoms with Crippen LogP contribution in [-0.4, -0.2) is 44.7 Å². The van der Waals surface area contributed by atoms with Crippen molar-refractivity contribution in [3.05, 3.63) is 42.0 Å². The summed E-state index contributed by atoms with van der Waals surface area (Å²) in [5.41, 5.74) is 2.52. The van der Waals surface area contributed by atoms with Gasteiger partial charge in [0.25, 0.3) is 0 Å². The third kappa shape index (κ3) is 5.16. The topological polar surface area (TPSA) is 36.5 Å². The zero-order valence-electron chi connectivity index (χ0n) is 13.0. The summed E-state index contributed by atoms with van der Waals surface area (Å²) in [7, 11) is 1.74. The molecule has 4 heteroatoms. The lowest BCUT2D eigenvalue weighted by Gasteiger charge is -2.20. The quantitative estimate of drug-likeness (QED) is 0.592. The lowest BCUT2D eigenvalue weighted by molar-refractivity contribution is 0.284. The van der Waals surface area contributed by atoms with Crippen LogP contribution in [0, 0.1) is 0 Å². The van der Waals surface area contributed by atoms with Crippen LogP contribution in [0.1, 0.15) is 17.5 Å². The maximum Gasteiger partial charge on any atom is 0.123 e. The molecule has 0 unspecified atom stereocenters. The SMILES string of the molecule is C=CCNCc1ccc(CN2CCCNCC2)cc1OC. The van der Waals surface area contributed by atoms with Gasteiger partial charge < -0.3 is 15.4 Å². The van der Waals surface area contributed by atoms with Crippen LogP contribution in [0.5, 0.6) is 5.75 Å². The Hall–Kier alpha value is -1.36. The molecule has 0 aliphatic carbocycles. The molecule has 1 aliphatic heterocycles. The van der Waals surface area contributed by atoms with Crippen molar-refractivity contribution in [2.24, 2.45) is 0 Å². The lowest BCUT2D eigenvalue weighted by atomic mass is 10.1. The second kappa shape index (κ2) is 8.82. The maximum atomic E-state index is 5.53. The molecule has 1 aromatic carbocycles. The zero-order valence-corrected chi connectivity index (χ0v) is 13.0. The van der Waals surface area contributed by atoms with Gasteiger partial charge in [-0.25, -0.2) is 0 Å². The minimum absolute atomic E-state index is 0.809. The highest BCUT2D eigenvalue weighted by molar-refractivity contribution is 5.37. The molecule has 1 fully saturated rings. The zero-order chi connectivity index (χ0) is 14.9. The molecule has 2 N–H and O–H groups in total. The number of benzene rings is 1. The summed E-state index contributed by atoms with van der Waals surface area (Å²) in [6.45, 7) is 10.8. The first-order valence-corrected chi connectivity index (χ1v) is 7.74. The van der Waals surface area contributed by atoms with Gasteiger partial charge in [0.2, 0.25) is 0 Å². The largest absolute Gasteiger partial charge is 0.496 e. The van der Waals surface area contributed by atoms with Crippen molar-refractivity contribution >= 4 is 0 Å². The second-order valence-corrected chi connectivity index (χ2v) is 5.45. The first kappa shape index (κ1) is 16.0. The maximum absolute atomic E-state index is 5.53. The van der Waals surface area contributed by atoms with Crippen LogP contribution in [-0.2, 0) is 13.1 Å². The molecule has 1 aliphatic rings. The predicted octanol–water partition coefficient (Wildman–Crippen LogP) is 1.77. The minimum Gasteiger partial charge on any atom is -0.496 e. The van der Waals surface area contributed by atoms with Crippen LogP contribution in [0.15, 0.2) is 30.9 Å². The number of hydrogen-bond acceptors (Lipinski definition) is 4. The Labute approximate surface area is 128 Å². The summed E-state index contributed by atoms with van der Waals surface area (Å²) >= 11 is 0. The van der Waals surface area contributed by atoms with E-state index < -0.39 is 0 Å². The first-order chi connectivity index (χ1) is 10.3. The van der Waals surface area contributed by atoms with Crippen molar-refractivity contribution in [1.29, 1.82) is 0 Å².